The van der Waals surface area contributed by atoms with Crippen molar-refractivity contribution in [1.82, 2.24) is 0 Å². The normalized spacial score (nSPS) is 11.6. The van der Waals surface area contributed by atoms with Gasteiger partial charge in [0, 0.05) is 7.11 Å². The first-order valence-corrected chi connectivity index (χ1v) is 4.18. The first-order valence-electron chi connectivity index (χ1n) is 4.18. The number of benzene rings is 1. The minimum absolute atomic E-state index is 0.318. The maximum absolute atomic E-state index is 5.69. The lowest BCUT2D eigenvalue weighted by atomic mass is 9.97. The molecule has 0 atom stereocenters. The van der Waals surface area contributed by atoms with E-state index in [1.54, 1.807) is 13.2 Å². The lowest BCUT2D eigenvalue weighted by molar-refractivity contribution is 0.0193. The molecule has 0 bridgehead atoms. The molecule has 3 nitrogen and oxygen atoms in total. The van der Waals surface area contributed by atoms with E-state index in [9.17, 15) is 0 Å². The molecular formula is C10H16N2O. The number of hydrogen-bond donors (Lipinski definition) is 2. The van der Waals surface area contributed by atoms with Crippen LogP contribution in [0.25, 0.3) is 0 Å². The summed E-state index contributed by atoms with van der Waals surface area (Å²) in [5.41, 5.74) is 13.2. The van der Waals surface area contributed by atoms with Crippen molar-refractivity contribution in [3.05, 3.63) is 23.8 Å². The SMILES string of the molecule is COC(C)(C)c1ccc(N)c(N)c1. The fraction of sp³-hybridized carbons (Fsp3) is 0.400. The number of nitrogens with two attached hydrogens (primary N) is 2. The van der Waals surface area contributed by atoms with Crippen LogP contribution in [0.5, 0.6) is 0 Å². The zero-order valence-electron chi connectivity index (χ0n) is 8.29. The van der Waals surface area contributed by atoms with Gasteiger partial charge >= 0.3 is 0 Å². The number of ether oxygens (including phenoxy) is 1. The molecule has 0 aliphatic carbocycles. The van der Waals surface area contributed by atoms with Crippen molar-refractivity contribution in [2.75, 3.05) is 18.6 Å². The van der Waals surface area contributed by atoms with Gasteiger partial charge in [0.05, 0.1) is 17.0 Å². The Balaban J connectivity index is 3.10. The molecule has 0 unspecified atom stereocenters. The van der Waals surface area contributed by atoms with Crippen molar-refractivity contribution in [2.24, 2.45) is 0 Å². The average molecular weight is 180 g/mol. The van der Waals surface area contributed by atoms with Crippen LogP contribution in [0.4, 0.5) is 11.4 Å². The Kier molecular flexibility index (Phi) is 2.48. The van der Waals surface area contributed by atoms with E-state index >= 15 is 0 Å². The van der Waals surface area contributed by atoms with Crippen molar-refractivity contribution in [3.8, 4) is 0 Å². The highest BCUT2D eigenvalue weighted by molar-refractivity contribution is 5.64. The summed E-state index contributed by atoms with van der Waals surface area (Å²) >= 11 is 0. The molecule has 0 aliphatic heterocycles. The van der Waals surface area contributed by atoms with Crippen molar-refractivity contribution in [3.63, 3.8) is 0 Å². The van der Waals surface area contributed by atoms with E-state index in [0.29, 0.717) is 11.4 Å². The molecule has 4 N–H and O–H groups in total. The second kappa shape index (κ2) is 3.26. The largest absolute Gasteiger partial charge is 0.397 e. The van der Waals surface area contributed by atoms with Gasteiger partial charge in [-0.3, -0.25) is 0 Å². The fourth-order valence-corrected chi connectivity index (χ4v) is 1.07. The predicted octanol–water partition coefficient (Wildman–Crippen LogP) is 1.73. The minimum atomic E-state index is -0.318. The molecule has 0 aliphatic rings. The van der Waals surface area contributed by atoms with Crippen molar-refractivity contribution in [2.45, 2.75) is 19.4 Å². The third kappa shape index (κ3) is 1.92. The van der Waals surface area contributed by atoms with Crippen molar-refractivity contribution < 1.29 is 4.74 Å². The van der Waals surface area contributed by atoms with Crippen molar-refractivity contribution in [1.29, 1.82) is 0 Å². The maximum atomic E-state index is 5.69. The third-order valence-electron chi connectivity index (χ3n) is 2.29. The quantitative estimate of drug-likeness (QED) is 0.681. The summed E-state index contributed by atoms with van der Waals surface area (Å²) in [7, 11) is 1.67. The summed E-state index contributed by atoms with van der Waals surface area (Å²) in [6, 6.07) is 5.57. The lowest BCUT2D eigenvalue weighted by Crippen LogP contribution is -2.19. The van der Waals surface area contributed by atoms with Crippen LogP contribution in [0.3, 0.4) is 0 Å². The highest BCUT2D eigenvalue weighted by Crippen LogP contribution is 2.27. The smallest absolute Gasteiger partial charge is 0.0872 e. The zero-order chi connectivity index (χ0) is 10.1. The zero-order valence-corrected chi connectivity index (χ0v) is 8.29. The molecular weight excluding hydrogens is 164 g/mol. The van der Waals surface area contributed by atoms with Gasteiger partial charge in [-0.15, -0.1) is 0 Å². The monoisotopic (exact) mass is 180 g/mol. The van der Waals surface area contributed by atoms with E-state index in [-0.39, 0.29) is 5.60 Å². The van der Waals surface area contributed by atoms with Crippen LogP contribution in [0.2, 0.25) is 0 Å². The Bertz CT molecular complexity index is 308. The number of nitrogen functional groups attached to an aromatic ring is 2. The lowest BCUT2D eigenvalue weighted by Gasteiger charge is -2.23. The molecule has 13 heavy (non-hydrogen) atoms. The van der Waals surface area contributed by atoms with Gasteiger partial charge in [-0.05, 0) is 31.5 Å². The van der Waals surface area contributed by atoms with Gasteiger partial charge in [0.1, 0.15) is 0 Å². The van der Waals surface area contributed by atoms with Crippen LogP contribution >= 0.6 is 0 Å². The fourth-order valence-electron chi connectivity index (χ4n) is 1.07. The van der Waals surface area contributed by atoms with E-state index in [1.807, 2.05) is 26.0 Å². The van der Waals surface area contributed by atoms with Crippen LogP contribution in [0.15, 0.2) is 18.2 Å². The second-order valence-corrected chi connectivity index (χ2v) is 3.56. The van der Waals surface area contributed by atoms with Crippen LogP contribution < -0.4 is 11.5 Å². The molecule has 1 rings (SSSR count). The van der Waals surface area contributed by atoms with Gasteiger partial charge in [0.15, 0.2) is 0 Å². The minimum Gasteiger partial charge on any atom is -0.397 e. The molecule has 0 heterocycles. The number of methoxy groups -OCH3 is 1. The van der Waals surface area contributed by atoms with Gasteiger partial charge in [-0.25, -0.2) is 0 Å². The highest BCUT2D eigenvalue weighted by atomic mass is 16.5. The number of hydrogen-bond acceptors (Lipinski definition) is 3. The maximum Gasteiger partial charge on any atom is 0.0872 e. The number of rotatable bonds is 2. The summed E-state index contributed by atoms with van der Waals surface area (Å²) in [6.45, 7) is 3.97. The summed E-state index contributed by atoms with van der Waals surface area (Å²) in [5, 5.41) is 0. The van der Waals surface area contributed by atoms with Crippen molar-refractivity contribution >= 4 is 11.4 Å². The van der Waals surface area contributed by atoms with E-state index < -0.39 is 0 Å². The second-order valence-electron chi connectivity index (χ2n) is 3.56. The topological polar surface area (TPSA) is 61.3 Å². The summed E-state index contributed by atoms with van der Waals surface area (Å²) in [6.07, 6.45) is 0. The van der Waals surface area contributed by atoms with E-state index in [4.69, 9.17) is 16.2 Å². The van der Waals surface area contributed by atoms with Crippen LogP contribution in [-0.4, -0.2) is 7.11 Å². The Hall–Kier alpha value is -1.22. The molecule has 0 fully saturated rings. The van der Waals surface area contributed by atoms with Crippen LogP contribution in [-0.2, 0) is 10.3 Å². The molecule has 0 spiro atoms. The van der Waals surface area contributed by atoms with E-state index in [0.717, 1.165) is 5.56 Å². The van der Waals surface area contributed by atoms with Gasteiger partial charge < -0.3 is 16.2 Å². The van der Waals surface area contributed by atoms with Gasteiger partial charge in [0.25, 0.3) is 0 Å². The van der Waals surface area contributed by atoms with Gasteiger partial charge in [-0.2, -0.15) is 0 Å². The Labute approximate surface area is 78.7 Å². The molecule has 0 radical (unpaired) electrons. The predicted molar refractivity (Wildman–Crippen MR) is 55.3 cm³/mol. The van der Waals surface area contributed by atoms with E-state index in [2.05, 4.69) is 0 Å². The highest BCUT2D eigenvalue weighted by Gasteiger charge is 2.19. The van der Waals surface area contributed by atoms with Gasteiger partial charge in [-0.1, -0.05) is 6.07 Å². The number of anilines is 2. The summed E-state index contributed by atoms with van der Waals surface area (Å²) in [5.74, 6) is 0. The standard InChI is InChI=1S/C10H16N2O/c1-10(2,13-3)7-4-5-8(11)9(12)6-7/h4-6H,11-12H2,1-3H3. The summed E-state index contributed by atoms with van der Waals surface area (Å²) in [4.78, 5) is 0. The molecule has 3 heteroatoms. The molecule has 0 aromatic heterocycles. The summed E-state index contributed by atoms with van der Waals surface area (Å²) < 4.78 is 5.32. The first-order chi connectivity index (χ1) is 5.97. The first kappa shape index (κ1) is 9.86. The average Bonchev–Trinajstić information content (AvgIpc) is 2.09. The van der Waals surface area contributed by atoms with Crippen LogP contribution in [0, 0.1) is 0 Å². The van der Waals surface area contributed by atoms with Crippen LogP contribution in [0.1, 0.15) is 19.4 Å². The molecule has 0 amide bonds. The molecule has 0 saturated carbocycles. The molecule has 0 saturated heterocycles. The Morgan fingerprint density at radius 2 is 1.77 bits per heavy atom. The van der Waals surface area contributed by atoms with Gasteiger partial charge in [0.2, 0.25) is 0 Å². The molecule has 1 aromatic rings. The molecule has 72 valence electrons. The Morgan fingerprint density at radius 3 is 2.23 bits per heavy atom. The van der Waals surface area contributed by atoms with E-state index in [1.165, 1.54) is 0 Å². The molecule has 1 aromatic carbocycles. The third-order valence-corrected chi connectivity index (χ3v) is 2.29. The Morgan fingerprint density at radius 1 is 1.15 bits per heavy atom.